The molecule has 23 heavy (non-hydrogen) atoms. The molecule has 1 rings (SSSR count). The molecule has 1 aromatic carbocycles. The first kappa shape index (κ1) is 19.0. The fourth-order valence-corrected chi connectivity index (χ4v) is 2.17. The van der Waals surface area contributed by atoms with Gasteiger partial charge in [0, 0.05) is 19.5 Å². The van der Waals surface area contributed by atoms with Gasteiger partial charge >= 0.3 is 5.97 Å². The minimum atomic E-state index is -0.133. The number of nitrogens with zero attached hydrogens (tertiary/aromatic N) is 1. The Morgan fingerprint density at radius 1 is 1.17 bits per heavy atom. The smallest absolute Gasteiger partial charge is 0.305 e. The standard InChI is InChI=1S/C18H29N3O2/c1-4-19-18(20-13-9-5-6-12-17(22)23-3)21-14-16-11-8-7-10-15(16)2/h7-8,10-11H,4-6,9,12-14H2,1-3H3,(H2,19,20,21). The van der Waals surface area contributed by atoms with E-state index in [1.165, 1.54) is 18.2 Å². The number of guanidine groups is 1. The molecule has 128 valence electrons. The second-order valence-electron chi connectivity index (χ2n) is 5.44. The monoisotopic (exact) mass is 319 g/mol. The number of nitrogens with one attached hydrogen (secondary N) is 2. The Balaban J connectivity index is 2.33. The van der Waals surface area contributed by atoms with Crippen molar-refractivity contribution in [1.82, 2.24) is 10.6 Å². The number of esters is 1. The molecule has 0 aliphatic rings. The molecule has 0 saturated heterocycles. The Morgan fingerprint density at radius 3 is 2.65 bits per heavy atom. The Labute approximate surface area is 139 Å². The average molecular weight is 319 g/mol. The summed E-state index contributed by atoms with van der Waals surface area (Å²) in [5.41, 5.74) is 2.50. The summed E-state index contributed by atoms with van der Waals surface area (Å²) >= 11 is 0. The summed E-state index contributed by atoms with van der Waals surface area (Å²) in [7, 11) is 1.43. The van der Waals surface area contributed by atoms with Crippen LogP contribution >= 0.6 is 0 Å². The zero-order valence-electron chi connectivity index (χ0n) is 14.5. The quantitative estimate of drug-likeness (QED) is 0.318. The summed E-state index contributed by atoms with van der Waals surface area (Å²) in [6.07, 6.45) is 3.37. The first-order chi connectivity index (χ1) is 11.2. The van der Waals surface area contributed by atoms with Gasteiger partial charge in [0.25, 0.3) is 0 Å². The van der Waals surface area contributed by atoms with Crippen LogP contribution < -0.4 is 10.6 Å². The van der Waals surface area contributed by atoms with Crippen molar-refractivity contribution >= 4 is 11.9 Å². The van der Waals surface area contributed by atoms with E-state index in [9.17, 15) is 4.79 Å². The van der Waals surface area contributed by atoms with Gasteiger partial charge in [-0.2, -0.15) is 0 Å². The van der Waals surface area contributed by atoms with Crippen molar-refractivity contribution in [3.63, 3.8) is 0 Å². The van der Waals surface area contributed by atoms with E-state index in [2.05, 4.69) is 46.3 Å². The lowest BCUT2D eigenvalue weighted by Gasteiger charge is -2.11. The van der Waals surface area contributed by atoms with Crippen LogP contribution in [0.5, 0.6) is 0 Å². The van der Waals surface area contributed by atoms with Gasteiger partial charge in [0.1, 0.15) is 0 Å². The van der Waals surface area contributed by atoms with Gasteiger partial charge in [-0.15, -0.1) is 0 Å². The molecule has 0 radical (unpaired) electrons. The van der Waals surface area contributed by atoms with E-state index >= 15 is 0 Å². The maximum atomic E-state index is 11.0. The third-order valence-electron chi connectivity index (χ3n) is 3.59. The highest BCUT2D eigenvalue weighted by Gasteiger charge is 2.01. The van der Waals surface area contributed by atoms with Crippen molar-refractivity contribution in [3.8, 4) is 0 Å². The minimum Gasteiger partial charge on any atom is -0.469 e. The van der Waals surface area contributed by atoms with E-state index in [0.29, 0.717) is 13.0 Å². The third kappa shape index (κ3) is 8.24. The number of rotatable bonds is 9. The van der Waals surface area contributed by atoms with Gasteiger partial charge in [-0.1, -0.05) is 30.7 Å². The molecule has 0 aliphatic heterocycles. The predicted molar refractivity (Wildman–Crippen MR) is 94.5 cm³/mol. The second-order valence-corrected chi connectivity index (χ2v) is 5.44. The number of aryl methyl sites for hydroxylation is 1. The minimum absolute atomic E-state index is 0.133. The molecule has 0 saturated carbocycles. The van der Waals surface area contributed by atoms with Crippen molar-refractivity contribution in [1.29, 1.82) is 0 Å². The van der Waals surface area contributed by atoms with Gasteiger partial charge < -0.3 is 15.4 Å². The molecular formula is C18H29N3O2. The van der Waals surface area contributed by atoms with Crippen LogP contribution in [0, 0.1) is 6.92 Å². The first-order valence-electron chi connectivity index (χ1n) is 8.31. The van der Waals surface area contributed by atoms with Crippen molar-refractivity contribution in [2.24, 2.45) is 4.99 Å². The Kier molecular flexibility index (Phi) is 9.52. The van der Waals surface area contributed by atoms with Crippen LogP contribution in [0.1, 0.15) is 43.7 Å². The zero-order valence-corrected chi connectivity index (χ0v) is 14.5. The Hall–Kier alpha value is -2.04. The topological polar surface area (TPSA) is 62.7 Å². The van der Waals surface area contributed by atoms with Crippen LogP contribution in [-0.2, 0) is 16.1 Å². The lowest BCUT2D eigenvalue weighted by Crippen LogP contribution is -2.37. The molecule has 0 atom stereocenters. The highest BCUT2D eigenvalue weighted by Crippen LogP contribution is 2.07. The van der Waals surface area contributed by atoms with Crippen LogP contribution in [-0.4, -0.2) is 32.1 Å². The van der Waals surface area contributed by atoms with Crippen molar-refractivity contribution in [2.45, 2.75) is 46.1 Å². The molecule has 0 unspecified atom stereocenters. The van der Waals surface area contributed by atoms with E-state index < -0.39 is 0 Å². The molecule has 1 aromatic rings. The van der Waals surface area contributed by atoms with E-state index in [0.717, 1.165) is 38.3 Å². The van der Waals surface area contributed by atoms with Gasteiger partial charge in [0.2, 0.25) is 0 Å². The van der Waals surface area contributed by atoms with Crippen molar-refractivity contribution in [3.05, 3.63) is 35.4 Å². The summed E-state index contributed by atoms with van der Waals surface area (Å²) < 4.78 is 4.63. The molecule has 5 nitrogen and oxygen atoms in total. The van der Waals surface area contributed by atoms with Crippen molar-refractivity contribution < 1.29 is 9.53 Å². The van der Waals surface area contributed by atoms with Gasteiger partial charge in [-0.3, -0.25) is 4.79 Å². The zero-order chi connectivity index (χ0) is 16.9. The van der Waals surface area contributed by atoms with E-state index in [-0.39, 0.29) is 5.97 Å². The number of ether oxygens (including phenoxy) is 1. The van der Waals surface area contributed by atoms with Gasteiger partial charge in [-0.25, -0.2) is 4.99 Å². The van der Waals surface area contributed by atoms with E-state index in [1.54, 1.807) is 0 Å². The molecule has 0 amide bonds. The number of aliphatic imine (C=N–C) groups is 1. The number of carbonyl (C=O) groups excluding carboxylic acids is 1. The molecule has 0 aliphatic carbocycles. The maximum absolute atomic E-state index is 11.0. The molecule has 0 fully saturated rings. The summed E-state index contributed by atoms with van der Waals surface area (Å²) in [6, 6.07) is 8.29. The van der Waals surface area contributed by atoms with Gasteiger partial charge in [0.15, 0.2) is 5.96 Å². The highest BCUT2D eigenvalue weighted by atomic mass is 16.5. The van der Waals surface area contributed by atoms with Gasteiger partial charge in [-0.05, 0) is 37.8 Å². The second kappa shape index (κ2) is 11.5. The lowest BCUT2D eigenvalue weighted by molar-refractivity contribution is -0.140. The Morgan fingerprint density at radius 2 is 1.96 bits per heavy atom. The molecule has 2 N–H and O–H groups in total. The molecular weight excluding hydrogens is 290 g/mol. The largest absolute Gasteiger partial charge is 0.469 e. The molecule has 0 bridgehead atoms. The molecule has 0 heterocycles. The van der Waals surface area contributed by atoms with Crippen LogP contribution in [0.2, 0.25) is 0 Å². The number of hydrogen-bond donors (Lipinski definition) is 2. The normalized spacial score (nSPS) is 11.2. The van der Waals surface area contributed by atoms with Crippen LogP contribution in [0.4, 0.5) is 0 Å². The number of carbonyl (C=O) groups is 1. The molecule has 5 heteroatoms. The van der Waals surface area contributed by atoms with Gasteiger partial charge in [0.05, 0.1) is 13.7 Å². The van der Waals surface area contributed by atoms with Crippen LogP contribution in [0.15, 0.2) is 29.3 Å². The average Bonchev–Trinajstić information content (AvgIpc) is 2.56. The van der Waals surface area contributed by atoms with Crippen LogP contribution in [0.3, 0.4) is 0 Å². The fraction of sp³-hybridized carbons (Fsp3) is 0.556. The summed E-state index contributed by atoms with van der Waals surface area (Å²) in [6.45, 7) is 6.51. The molecule has 0 aromatic heterocycles. The van der Waals surface area contributed by atoms with E-state index in [1.807, 2.05) is 12.1 Å². The SMILES string of the molecule is CCNC(=NCc1ccccc1C)NCCCCCC(=O)OC. The number of benzene rings is 1. The Bertz CT molecular complexity index is 501. The fourth-order valence-electron chi connectivity index (χ4n) is 2.17. The maximum Gasteiger partial charge on any atom is 0.305 e. The predicted octanol–water partition coefficient (Wildman–Crippen LogP) is 2.78. The number of unbranched alkanes of at least 4 members (excludes halogenated alkanes) is 2. The third-order valence-corrected chi connectivity index (χ3v) is 3.59. The summed E-state index contributed by atoms with van der Waals surface area (Å²) in [5, 5.41) is 6.59. The number of methoxy groups -OCH3 is 1. The molecule has 0 spiro atoms. The highest BCUT2D eigenvalue weighted by molar-refractivity contribution is 5.79. The summed E-state index contributed by atoms with van der Waals surface area (Å²) in [4.78, 5) is 15.6. The van der Waals surface area contributed by atoms with Crippen LogP contribution in [0.25, 0.3) is 0 Å². The lowest BCUT2D eigenvalue weighted by atomic mass is 10.1. The number of hydrogen-bond acceptors (Lipinski definition) is 3. The van der Waals surface area contributed by atoms with E-state index in [4.69, 9.17) is 0 Å². The van der Waals surface area contributed by atoms with Crippen molar-refractivity contribution in [2.75, 3.05) is 20.2 Å². The first-order valence-corrected chi connectivity index (χ1v) is 8.31. The summed E-state index contributed by atoms with van der Waals surface area (Å²) in [5.74, 6) is 0.704.